The van der Waals surface area contributed by atoms with Gasteiger partial charge in [-0.15, -0.1) is 0 Å². The van der Waals surface area contributed by atoms with Gasteiger partial charge in [0.05, 0.1) is 30.8 Å². The molecule has 7 rings (SSSR count). The van der Waals surface area contributed by atoms with Crippen molar-refractivity contribution in [1.29, 1.82) is 5.26 Å². The van der Waals surface area contributed by atoms with Crippen molar-refractivity contribution >= 4 is 27.8 Å². The van der Waals surface area contributed by atoms with Gasteiger partial charge in [0.2, 0.25) is 0 Å². The molecule has 0 saturated carbocycles. The van der Waals surface area contributed by atoms with E-state index in [0.717, 1.165) is 71.5 Å². The van der Waals surface area contributed by atoms with E-state index in [1.807, 2.05) is 22.9 Å². The number of anilines is 1. The first-order valence-electron chi connectivity index (χ1n) is 14.0. The number of H-pyrrole nitrogens is 1. The molecule has 1 spiro atoms. The molecule has 5 aromatic rings. The van der Waals surface area contributed by atoms with E-state index >= 15 is 0 Å². The van der Waals surface area contributed by atoms with Crippen molar-refractivity contribution in [2.45, 2.75) is 38.7 Å². The molecule has 11 nitrogen and oxygen atoms in total. The third-order valence-corrected chi connectivity index (χ3v) is 8.65. The molecule has 6 heterocycles. The molecule has 2 aliphatic rings. The Morgan fingerprint density at radius 1 is 1.12 bits per heavy atom. The van der Waals surface area contributed by atoms with Gasteiger partial charge in [0.1, 0.15) is 36.2 Å². The molecule has 222 valence electrons. The maximum absolute atomic E-state index is 13.0. The first kappa shape index (κ1) is 27.2. The molecule has 2 saturated heterocycles. The van der Waals surface area contributed by atoms with Gasteiger partial charge in [0, 0.05) is 66.6 Å². The van der Waals surface area contributed by atoms with Crippen LogP contribution < -0.4 is 9.64 Å². The fourth-order valence-electron chi connectivity index (χ4n) is 6.70. The third-order valence-electron chi connectivity index (χ3n) is 8.65. The molecule has 43 heavy (non-hydrogen) atoms. The predicted molar refractivity (Wildman–Crippen MR) is 151 cm³/mol. The number of hydrogen-bond donors (Lipinski definition) is 1. The van der Waals surface area contributed by atoms with Crippen molar-refractivity contribution in [2.75, 3.05) is 38.2 Å². The Morgan fingerprint density at radius 2 is 1.98 bits per heavy atom. The van der Waals surface area contributed by atoms with Crippen molar-refractivity contribution in [3.63, 3.8) is 0 Å². The number of rotatable bonds is 7. The molecule has 0 radical (unpaired) electrons. The lowest BCUT2D eigenvalue weighted by Gasteiger charge is -2.25. The number of aromatic nitrogens is 7. The minimum atomic E-state index is -4.36. The van der Waals surface area contributed by atoms with Gasteiger partial charge in [-0.05, 0) is 31.5 Å². The minimum absolute atomic E-state index is 0.0540. The van der Waals surface area contributed by atoms with Crippen LogP contribution in [0.5, 0.6) is 5.75 Å². The monoisotopic (exact) mass is 590 g/mol. The number of alkyl halides is 3. The molecule has 1 unspecified atom stereocenters. The second-order valence-electron chi connectivity index (χ2n) is 11.6. The van der Waals surface area contributed by atoms with Gasteiger partial charge < -0.3 is 14.2 Å². The van der Waals surface area contributed by atoms with E-state index in [2.05, 4.69) is 47.2 Å². The lowest BCUT2D eigenvalue weighted by Crippen LogP contribution is -2.31. The van der Waals surface area contributed by atoms with Crippen molar-refractivity contribution in [1.82, 2.24) is 39.4 Å². The molecule has 0 aliphatic carbocycles. The summed E-state index contributed by atoms with van der Waals surface area (Å²) >= 11 is 0. The summed E-state index contributed by atoms with van der Waals surface area (Å²) in [5.74, 6) is 1.41. The number of nitriles is 1. The van der Waals surface area contributed by atoms with Crippen molar-refractivity contribution < 1.29 is 17.9 Å². The zero-order valence-corrected chi connectivity index (χ0v) is 23.5. The lowest BCUT2D eigenvalue weighted by molar-refractivity contribution is -0.142. The van der Waals surface area contributed by atoms with E-state index < -0.39 is 12.7 Å². The van der Waals surface area contributed by atoms with E-state index in [9.17, 15) is 18.4 Å². The van der Waals surface area contributed by atoms with Crippen LogP contribution in [0.4, 0.5) is 19.0 Å². The van der Waals surface area contributed by atoms with Crippen molar-refractivity contribution in [2.24, 2.45) is 5.41 Å². The fraction of sp³-hybridized carbons (Fsp3) is 0.414. The highest BCUT2D eigenvalue weighted by atomic mass is 19.4. The summed E-state index contributed by atoms with van der Waals surface area (Å²) < 4.78 is 47.6. The van der Waals surface area contributed by atoms with E-state index in [4.69, 9.17) is 4.74 Å². The SMILES string of the molecule is COc1cc2c(cc1CN1CCC3(CCN(c4ncnc5nn(CC(F)(F)F)cc45)C3)C1)cc(C#N)n2Cc1cn[nH]c1. The van der Waals surface area contributed by atoms with E-state index in [1.165, 1.54) is 12.5 Å². The molecule has 1 N–H and O–H groups in total. The quantitative estimate of drug-likeness (QED) is 0.301. The molecule has 0 amide bonds. The molecule has 2 aliphatic heterocycles. The summed E-state index contributed by atoms with van der Waals surface area (Å²) in [6, 6.07) is 8.35. The van der Waals surface area contributed by atoms with Gasteiger partial charge in [0.15, 0.2) is 5.65 Å². The second kappa shape index (κ2) is 10.3. The van der Waals surface area contributed by atoms with Crippen LogP contribution >= 0.6 is 0 Å². The van der Waals surface area contributed by atoms with Crippen LogP contribution in [0.2, 0.25) is 0 Å². The van der Waals surface area contributed by atoms with Crippen LogP contribution in [0.25, 0.3) is 21.9 Å². The van der Waals surface area contributed by atoms with Crippen LogP contribution in [0, 0.1) is 16.7 Å². The van der Waals surface area contributed by atoms with Gasteiger partial charge in [-0.3, -0.25) is 14.7 Å². The number of hydrogen-bond acceptors (Lipinski definition) is 8. The lowest BCUT2D eigenvalue weighted by atomic mass is 9.86. The van der Waals surface area contributed by atoms with Crippen molar-refractivity contribution in [3.8, 4) is 11.8 Å². The topological polar surface area (TPSA) is 117 Å². The predicted octanol–water partition coefficient (Wildman–Crippen LogP) is 4.10. The molecule has 1 atom stereocenters. The summed E-state index contributed by atoms with van der Waals surface area (Å²) in [4.78, 5) is 13.1. The fourth-order valence-corrected chi connectivity index (χ4v) is 6.70. The van der Waals surface area contributed by atoms with Gasteiger partial charge in [-0.25, -0.2) is 9.97 Å². The number of fused-ring (bicyclic) bond motifs is 2. The summed E-state index contributed by atoms with van der Waals surface area (Å²) in [7, 11) is 1.67. The molecule has 2 fully saturated rings. The smallest absolute Gasteiger partial charge is 0.408 e. The Kier molecular flexibility index (Phi) is 6.50. The molecule has 1 aromatic carbocycles. The normalized spacial score (nSPS) is 19.3. The third kappa shape index (κ3) is 5.14. The van der Waals surface area contributed by atoms with Crippen LogP contribution in [0.3, 0.4) is 0 Å². The average molecular weight is 591 g/mol. The Bertz CT molecular complexity index is 1840. The maximum atomic E-state index is 13.0. The number of nitrogens with zero attached hydrogens (tertiary/aromatic N) is 9. The number of benzene rings is 1. The highest BCUT2D eigenvalue weighted by Gasteiger charge is 2.44. The molecule has 0 bridgehead atoms. The number of halogens is 3. The van der Waals surface area contributed by atoms with Crippen molar-refractivity contribution in [3.05, 3.63) is 59.9 Å². The minimum Gasteiger partial charge on any atom is -0.496 e. The van der Waals surface area contributed by atoms with Gasteiger partial charge in [-0.2, -0.15) is 28.6 Å². The number of ether oxygens (including phenoxy) is 1. The van der Waals surface area contributed by atoms with E-state index in [0.29, 0.717) is 30.0 Å². The highest BCUT2D eigenvalue weighted by molar-refractivity contribution is 5.87. The Hall–Kier alpha value is -4.64. The number of nitrogens with one attached hydrogen (secondary N) is 1. The van der Waals surface area contributed by atoms with Crippen LogP contribution in [-0.4, -0.2) is 78.9 Å². The van der Waals surface area contributed by atoms with E-state index in [1.54, 1.807) is 13.3 Å². The molecule has 4 aromatic heterocycles. The summed E-state index contributed by atoms with van der Waals surface area (Å²) in [6.07, 6.45) is 3.94. The summed E-state index contributed by atoms with van der Waals surface area (Å²) in [6.45, 7) is 3.40. The first-order valence-corrected chi connectivity index (χ1v) is 14.0. The van der Waals surface area contributed by atoms with Gasteiger partial charge >= 0.3 is 6.18 Å². The zero-order valence-electron chi connectivity index (χ0n) is 23.5. The highest BCUT2D eigenvalue weighted by Crippen LogP contribution is 2.43. The first-order chi connectivity index (χ1) is 20.7. The number of aromatic amines is 1. The maximum Gasteiger partial charge on any atom is 0.408 e. The molecular weight excluding hydrogens is 561 g/mol. The zero-order chi connectivity index (χ0) is 29.8. The van der Waals surface area contributed by atoms with E-state index in [-0.39, 0.29) is 11.1 Å². The Balaban J connectivity index is 1.09. The second-order valence-corrected chi connectivity index (χ2v) is 11.6. The number of methoxy groups -OCH3 is 1. The standard InChI is InChI=1S/C29H29F3N10O/c1-43-25-8-24-20(7-22(9-33)42(24)12-19-10-36-37-11-19)6-21(25)13-39-4-2-28(15-39)3-5-40(16-28)27-23-14-41(17-29(30,31)32)38-26(23)34-18-35-27/h6-8,10-11,14,18H,2-5,12-13,15-17H2,1H3,(H,36,37). The van der Waals surface area contributed by atoms with Crippen LogP contribution in [0.15, 0.2) is 43.1 Å². The Morgan fingerprint density at radius 3 is 2.74 bits per heavy atom. The largest absolute Gasteiger partial charge is 0.496 e. The summed E-state index contributed by atoms with van der Waals surface area (Å²) in [5, 5.41) is 22.2. The van der Waals surface area contributed by atoms with Crippen LogP contribution in [0.1, 0.15) is 29.7 Å². The van der Waals surface area contributed by atoms with Gasteiger partial charge in [0.25, 0.3) is 0 Å². The van der Waals surface area contributed by atoms with Gasteiger partial charge in [-0.1, -0.05) is 0 Å². The Labute approximate surface area is 244 Å². The molecule has 14 heteroatoms. The summed E-state index contributed by atoms with van der Waals surface area (Å²) in [5.41, 5.74) is 3.85. The number of likely N-dealkylation sites (tertiary alicyclic amines) is 1. The average Bonchev–Trinajstić information content (AvgIpc) is 3.80. The molecular formula is C29H29F3N10O. The van der Waals surface area contributed by atoms with Crippen LogP contribution in [-0.2, 0) is 19.6 Å².